The van der Waals surface area contributed by atoms with E-state index >= 15 is 0 Å². The molecule has 0 bridgehead atoms. The molecule has 1 aliphatic heterocycles. The van der Waals surface area contributed by atoms with E-state index in [0.29, 0.717) is 23.7 Å². The molecule has 0 aromatic carbocycles. The number of ether oxygens (including phenoxy) is 1. The fourth-order valence-electron chi connectivity index (χ4n) is 2.58. The molecule has 23 heavy (non-hydrogen) atoms. The van der Waals surface area contributed by atoms with Gasteiger partial charge >= 0.3 is 5.97 Å². The maximum atomic E-state index is 12.5. The summed E-state index contributed by atoms with van der Waals surface area (Å²) in [5.41, 5.74) is 0. The summed E-state index contributed by atoms with van der Waals surface area (Å²) in [6.45, 7) is 3.93. The van der Waals surface area contributed by atoms with E-state index in [2.05, 4.69) is 10.1 Å². The van der Waals surface area contributed by atoms with Gasteiger partial charge in [0.05, 0.1) is 4.88 Å². The summed E-state index contributed by atoms with van der Waals surface area (Å²) in [5.74, 6) is 0.180. The van der Waals surface area contributed by atoms with Gasteiger partial charge in [-0.25, -0.2) is 4.79 Å². The predicted octanol–water partition coefficient (Wildman–Crippen LogP) is 2.35. The van der Waals surface area contributed by atoms with Crippen LogP contribution >= 0.6 is 11.3 Å². The van der Waals surface area contributed by atoms with E-state index in [1.165, 1.54) is 11.3 Å². The van der Waals surface area contributed by atoms with Crippen LogP contribution in [0.4, 0.5) is 0 Å². The number of aryl methyl sites for hydroxylation is 1. The predicted molar refractivity (Wildman–Crippen MR) is 81.9 cm³/mol. The number of esters is 1. The molecule has 0 N–H and O–H groups in total. The summed E-state index contributed by atoms with van der Waals surface area (Å²) >= 11 is 1.37. The van der Waals surface area contributed by atoms with E-state index in [0.717, 1.165) is 6.42 Å². The van der Waals surface area contributed by atoms with Gasteiger partial charge in [0.25, 0.3) is 11.8 Å². The second kappa shape index (κ2) is 6.49. The number of thiophene rings is 1. The monoisotopic (exact) mass is 335 g/mol. The molecular formula is C15H17N3O4S. The van der Waals surface area contributed by atoms with E-state index < -0.39 is 18.1 Å². The van der Waals surface area contributed by atoms with Crippen molar-refractivity contribution >= 4 is 23.2 Å². The van der Waals surface area contributed by atoms with Crippen molar-refractivity contribution in [3.8, 4) is 0 Å². The lowest BCUT2D eigenvalue weighted by atomic mass is 10.2. The number of amides is 1. The second-order valence-electron chi connectivity index (χ2n) is 5.39. The van der Waals surface area contributed by atoms with Crippen LogP contribution in [0.3, 0.4) is 0 Å². The molecule has 2 aromatic rings. The minimum Gasteiger partial charge on any atom is -0.451 e. The van der Waals surface area contributed by atoms with Gasteiger partial charge in [0.1, 0.15) is 6.04 Å². The normalized spacial score (nSPS) is 18.9. The topological polar surface area (TPSA) is 85.5 Å². The standard InChI is InChI=1S/C15H17N3O4S/c1-9(13-16-10(2)17-22-13)21-15(20)11-5-3-7-18(11)14(19)12-6-4-8-23-12/h4,6,8-9,11H,3,5,7H2,1-2H3/t9-,11-/m1/s1. The highest BCUT2D eigenvalue weighted by molar-refractivity contribution is 7.12. The molecule has 0 spiro atoms. The molecule has 8 heteroatoms. The highest BCUT2D eigenvalue weighted by atomic mass is 32.1. The quantitative estimate of drug-likeness (QED) is 0.797. The first-order valence-corrected chi connectivity index (χ1v) is 8.29. The average molecular weight is 335 g/mol. The van der Waals surface area contributed by atoms with Crippen LogP contribution in [-0.2, 0) is 9.53 Å². The molecule has 1 aliphatic rings. The van der Waals surface area contributed by atoms with E-state index in [1.54, 1.807) is 24.8 Å². The van der Waals surface area contributed by atoms with Crippen molar-refractivity contribution in [2.45, 2.75) is 38.8 Å². The molecule has 0 unspecified atom stereocenters. The summed E-state index contributed by atoms with van der Waals surface area (Å²) in [5, 5.41) is 5.52. The third-order valence-electron chi connectivity index (χ3n) is 3.70. The van der Waals surface area contributed by atoms with Crippen molar-refractivity contribution in [2.75, 3.05) is 6.54 Å². The molecule has 3 heterocycles. The molecule has 0 saturated carbocycles. The van der Waals surface area contributed by atoms with Gasteiger partial charge in [0.2, 0.25) is 0 Å². The number of carbonyl (C=O) groups excluding carboxylic acids is 2. The van der Waals surface area contributed by atoms with Crippen molar-refractivity contribution in [1.82, 2.24) is 15.0 Å². The lowest BCUT2D eigenvalue weighted by Crippen LogP contribution is -2.41. The van der Waals surface area contributed by atoms with E-state index in [4.69, 9.17) is 9.26 Å². The van der Waals surface area contributed by atoms with Crippen molar-refractivity contribution < 1.29 is 18.8 Å². The van der Waals surface area contributed by atoms with Crippen LogP contribution in [0.1, 0.15) is 47.3 Å². The number of carbonyl (C=O) groups is 2. The minimum absolute atomic E-state index is 0.124. The SMILES string of the molecule is Cc1noc([C@@H](C)OC(=O)[C@H]2CCCN2C(=O)c2cccs2)n1. The summed E-state index contributed by atoms with van der Waals surface area (Å²) in [7, 11) is 0. The van der Waals surface area contributed by atoms with Crippen LogP contribution in [0.5, 0.6) is 0 Å². The summed E-state index contributed by atoms with van der Waals surface area (Å²) < 4.78 is 10.4. The smallest absolute Gasteiger partial charge is 0.329 e. The van der Waals surface area contributed by atoms with E-state index in [1.807, 2.05) is 11.4 Å². The number of likely N-dealkylation sites (tertiary alicyclic amines) is 1. The molecule has 3 rings (SSSR count). The summed E-state index contributed by atoms with van der Waals surface area (Å²) in [4.78, 5) is 31.2. The summed E-state index contributed by atoms with van der Waals surface area (Å²) in [6, 6.07) is 3.02. The Morgan fingerprint density at radius 2 is 2.35 bits per heavy atom. The van der Waals surface area contributed by atoms with Crippen LogP contribution in [0, 0.1) is 6.92 Å². The molecule has 122 valence electrons. The highest BCUT2D eigenvalue weighted by Crippen LogP contribution is 2.25. The number of hydrogen-bond acceptors (Lipinski definition) is 7. The van der Waals surface area contributed by atoms with Gasteiger partial charge in [-0.15, -0.1) is 11.3 Å². The van der Waals surface area contributed by atoms with Gasteiger partial charge in [0, 0.05) is 6.54 Å². The van der Waals surface area contributed by atoms with E-state index in [-0.39, 0.29) is 11.8 Å². The van der Waals surface area contributed by atoms with Crippen molar-refractivity contribution in [3.05, 3.63) is 34.1 Å². The molecule has 7 nitrogen and oxygen atoms in total. The van der Waals surface area contributed by atoms with Crippen molar-refractivity contribution in [1.29, 1.82) is 0 Å². The van der Waals surface area contributed by atoms with Gasteiger partial charge in [-0.05, 0) is 38.1 Å². The Morgan fingerprint density at radius 1 is 1.52 bits per heavy atom. The first-order valence-electron chi connectivity index (χ1n) is 7.41. The van der Waals surface area contributed by atoms with Crippen LogP contribution in [0.2, 0.25) is 0 Å². The highest BCUT2D eigenvalue weighted by Gasteiger charge is 2.37. The molecule has 0 radical (unpaired) electrons. The van der Waals surface area contributed by atoms with Gasteiger partial charge < -0.3 is 14.2 Å². The van der Waals surface area contributed by atoms with Crippen LogP contribution in [0.15, 0.2) is 22.0 Å². The van der Waals surface area contributed by atoms with E-state index in [9.17, 15) is 9.59 Å². The first-order chi connectivity index (χ1) is 11.1. The Bertz CT molecular complexity index is 697. The van der Waals surface area contributed by atoms with Crippen LogP contribution < -0.4 is 0 Å². The second-order valence-corrected chi connectivity index (χ2v) is 6.34. The van der Waals surface area contributed by atoms with Crippen LogP contribution in [0.25, 0.3) is 0 Å². The fraction of sp³-hybridized carbons (Fsp3) is 0.467. The maximum Gasteiger partial charge on any atom is 0.329 e. The zero-order chi connectivity index (χ0) is 16.4. The number of hydrogen-bond donors (Lipinski definition) is 0. The molecule has 0 aliphatic carbocycles. The Labute approximate surface area is 137 Å². The minimum atomic E-state index is -0.636. The number of nitrogens with zero attached hydrogens (tertiary/aromatic N) is 3. The zero-order valence-electron chi connectivity index (χ0n) is 12.9. The zero-order valence-corrected chi connectivity index (χ0v) is 13.7. The van der Waals surface area contributed by atoms with Crippen LogP contribution in [-0.4, -0.2) is 39.5 Å². The lowest BCUT2D eigenvalue weighted by molar-refractivity contribution is -0.154. The van der Waals surface area contributed by atoms with Crippen molar-refractivity contribution in [2.24, 2.45) is 0 Å². The largest absolute Gasteiger partial charge is 0.451 e. The molecule has 1 fully saturated rings. The van der Waals surface area contributed by atoms with Gasteiger partial charge in [0.15, 0.2) is 11.9 Å². The Kier molecular flexibility index (Phi) is 4.42. The molecule has 1 amide bonds. The average Bonchev–Trinajstić information content (AvgIpc) is 3.27. The van der Waals surface area contributed by atoms with Gasteiger partial charge in [-0.2, -0.15) is 4.98 Å². The Hall–Kier alpha value is -2.22. The fourth-order valence-corrected chi connectivity index (χ4v) is 3.26. The first kappa shape index (κ1) is 15.7. The molecule has 2 atom stereocenters. The third-order valence-corrected chi connectivity index (χ3v) is 4.56. The number of rotatable bonds is 4. The maximum absolute atomic E-state index is 12.5. The van der Waals surface area contributed by atoms with Crippen molar-refractivity contribution in [3.63, 3.8) is 0 Å². The van der Waals surface area contributed by atoms with Gasteiger partial charge in [-0.3, -0.25) is 4.79 Å². The third kappa shape index (κ3) is 3.26. The Balaban J connectivity index is 1.67. The number of aromatic nitrogens is 2. The molecule has 1 saturated heterocycles. The molecular weight excluding hydrogens is 318 g/mol. The molecule has 2 aromatic heterocycles. The summed E-state index contributed by atoms with van der Waals surface area (Å²) in [6.07, 6.45) is 0.749. The van der Waals surface area contributed by atoms with Gasteiger partial charge in [-0.1, -0.05) is 11.2 Å². The lowest BCUT2D eigenvalue weighted by Gasteiger charge is -2.23. The Morgan fingerprint density at radius 3 is 3.00 bits per heavy atom.